The van der Waals surface area contributed by atoms with Crippen LogP contribution in [0.3, 0.4) is 0 Å². The fraction of sp³-hybridized carbons (Fsp3) is 0.387. The van der Waals surface area contributed by atoms with Crippen LogP contribution >= 0.6 is 0 Å². The summed E-state index contributed by atoms with van der Waals surface area (Å²) in [5.74, 6) is 0.00885. The van der Waals surface area contributed by atoms with E-state index in [9.17, 15) is 9.90 Å². The highest BCUT2D eigenvalue weighted by Gasteiger charge is 2.43. The van der Waals surface area contributed by atoms with Crippen molar-refractivity contribution in [1.82, 2.24) is 10.2 Å². The number of carbonyl (C=O) groups is 1. The average Bonchev–Trinajstić information content (AvgIpc) is 3.74. The zero-order chi connectivity index (χ0) is 24.4. The van der Waals surface area contributed by atoms with Crippen LogP contribution in [0.4, 0.5) is 0 Å². The van der Waals surface area contributed by atoms with Crippen molar-refractivity contribution in [3.63, 3.8) is 0 Å². The Kier molecular flexibility index (Phi) is 7.03. The van der Waals surface area contributed by atoms with Crippen molar-refractivity contribution in [2.45, 2.75) is 45.2 Å². The standard InChI is InChI=1S/C31H36N2O2/c1-21-8-6-13-26(22(21)2)19-33(28-14-15-28)31(35)29-18-32-17-27(20-34)30(29)25-12-7-11-24(16-25)23-9-4-3-5-10-23/h3-13,16,27-30,32,34H,14-15,17-20H2,1-2H3/t27-,29+,30+/m1/s1. The first-order chi connectivity index (χ1) is 17.1. The minimum Gasteiger partial charge on any atom is -0.396 e. The molecule has 0 spiro atoms. The molecule has 5 rings (SSSR count). The highest BCUT2D eigenvalue weighted by atomic mass is 16.3. The highest BCUT2D eigenvalue weighted by molar-refractivity contribution is 5.81. The molecule has 4 nitrogen and oxygen atoms in total. The minimum absolute atomic E-state index is 0.00508. The van der Waals surface area contributed by atoms with Crippen LogP contribution in [0.25, 0.3) is 11.1 Å². The number of hydrogen-bond donors (Lipinski definition) is 2. The maximum absolute atomic E-state index is 14.2. The Morgan fingerprint density at radius 3 is 2.43 bits per heavy atom. The third kappa shape index (κ3) is 5.05. The van der Waals surface area contributed by atoms with Crippen LogP contribution in [0, 0.1) is 25.7 Å². The molecule has 1 amide bonds. The second-order valence-electron chi connectivity index (χ2n) is 10.3. The normalized spacial score (nSPS) is 22.1. The van der Waals surface area contributed by atoms with Crippen molar-refractivity contribution in [2.75, 3.05) is 19.7 Å². The van der Waals surface area contributed by atoms with E-state index < -0.39 is 0 Å². The molecule has 1 aliphatic heterocycles. The number of nitrogens with zero attached hydrogens (tertiary/aromatic N) is 1. The van der Waals surface area contributed by atoms with Crippen molar-refractivity contribution in [3.05, 3.63) is 95.1 Å². The van der Waals surface area contributed by atoms with Gasteiger partial charge in [-0.2, -0.15) is 0 Å². The van der Waals surface area contributed by atoms with Gasteiger partial charge in [-0.05, 0) is 60.1 Å². The van der Waals surface area contributed by atoms with E-state index in [1.165, 1.54) is 22.3 Å². The van der Waals surface area contributed by atoms with Gasteiger partial charge in [-0.15, -0.1) is 0 Å². The molecule has 0 radical (unpaired) electrons. The predicted molar refractivity (Wildman–Crippen MR) is 141 cm³/mol. The Morgan fingerprint density at radius 2 is 1.69 bits per heavy atom. The lowest BCUT2D eigenvalue weighted by Gasteiger charge is -2.40. The summed E-state index contributed by atoms with van der Waals surface area (Å²) in [6.45, 7) is 6.38. The number of aliphatic hydroxyl groups excluding tert-OH is 1. The molecule has 1 saturated heterocycles. The molecule has 1 heterocycles. The smallest absolute Gasteiger partial charge is 0.228 e. The van der Waals surface area contributed by atoms with E-state index in [0.717, 1.165) is 30.5 Å². The molecule has 35 heavy (non-hydrogen) atoms. The van der Waals surface area contributed by atoms with Gasteiger partial charge in [-0.25, -0.2) is 0 Å². The van der Waals surface area contributed by atoms with E-state index in [2.05, 4.69) is 90.8 Å². The monoisotopic (exact) mass is 468 g/mol. The second kappa shape index (κ2) is 10.3. The van der Waals surface area contributed by atoms with Gasteiger partial charge in [0.2, 0.25) is 5.91 Å². The van der Waals surface area contributed by atoms with Gasteiger partial charge < -0.3 is 15.3 Å². The first-order valence-corrected chi connectivity index (χ1v) is 12.9. The Balaban J connectivity index is 1.47. The SMILES string of the molecule is Cc1cccc(CN(C(=O)[C@H]2CNC[C@H](CO)[C@@H]2c2cccc(-c3ccccc3)c2)C2CC2)c1C. The van der Waals surface area contributed by atoms with Crippen LogP contribution < -0.4 is 5.32 Å². The topological polar surface area (TPSA) is 52.6 Å². The van der Waals surface area contributed by atoms with Crippen molar-refractivity contribution in [2.24, 2.45) is 11.8 Å². The second-order valence-corrected chi connectivity index (χ2v) is 10.3. The van der Waals surface area contributed by atoms with Crippen LogP contribution in [0.1, 0.15) is 41.0 Å². The molecule has 2 N–H and O–H groups in total. The van der Waals surface area contributed by atoms with Crippen LogP contribution in [0.2, 0.25) is 0 Å². The zero-order valence-corrected chi connectivity index (χ0v) is 20.8. The van der Waals surface area contributed by atoms with Gasteiger partial charge in [0.25, 0.3) is 0 Å². The lowest BCUT2D eigenvalue weighted by Crippen LogP contribution is -2.51. The van der Waals surface area contributed by atoms with Crippen LogP contribution in [0.15, 0.2) is 72.8 Å². The molecule has 4 heteroatoms. The Bertz CT molecular complexity index is 1170. The molecular formula is C31H36N2O2. The lowest BCUT2D eigenvalue weighted by atomic mass is 9.73. The summed E-state index contributed by atoms with van der Waals surface area (Å²) in [7, 11) is 0. The van der Waals surface area contributed by atoms with Crippen LogP contribution in [-0.2, 0) is 11.3 Å². The molecule has 0 unspecified atom stereocenters. The number of aryl methyl sites for hydroxylation is 1. The number of rotatable bonds is 7. The maximum atomic E-state index is 14.2. The highest BCUT2D eigenvalue weighted by Crippen LogP contribution is 2.40. The number of amides is 1. The molecule has 3 aromatic rings. The van der Waals surface area contributed by atoms with Crippen molar-refractivity contribution >= 4 is 5.91 Å². The fourth-order valence-electron chi connectivity index (χ4n) is 5.64. The molecule has 0 aromatic heterocycles. The number of aliphatic hydroxyl groups is 1. The van der Waals surface area contributed by atoms with E-state index in [1.807, 2.05) is 6.07 Å². The van der Waals surface area contributed by atoms with Gasteiger partial charge in [-0.1, -0.05) is 72.8 Å². The first-order valence-electron chi connectivity index (χ1n) is 12.9. The molecule has 3 aromatic carbocycles. The molecule has 182 valence electrons. The van der Waals surface area contributed by atoms with E-state index in [4.69, 9.17) is 0 Å². The molecular weight excluding hydrogens is 432 g/mol. The van der Waals surface area contributed by atoms with Crippen LogP contribution in [-0.4, -0.2) is 41.7 Å². The molecule has 3 atom stereocenters. The molecule has 2 aliphatic rings. The molecule has 1 aliphatic carbocycles. The van der Waals surface area contributed by atoms with Gasteiger partial charge in [0.15, 0.2) is 0 Å². The van der Waals surface area contributed by atoms with E-state index in [0.29, 0.717) is 19.1 Å². The van der Waals surface area contributed by atoms with Crippen molar-refractivity contribution in [3.8, 4) is 11.1 Å². The maximum Gasteiger partial charge on any atom is 0.228 e. The van der Waals surface area contributed by atoms with Crippen LogP contribution in [0.5, 0.6) is 0 Å². The summed E-state index contributed by atoms with van der Waals surface area (Å²) in [4.78, 5) is 16.3. The summed E-state index contributed by atoms with van der Waals surface area (Å²) < 4.78 is 0. The molecule has 0 bridgehead atoms. The van der Waals surface area contributed by atoms with E-state index in [1.54, 1.807) is 0 Å². The van der Waals surface area contributed by atoms with E-state index in [-0.39, 0.29) is 30.3 Å². The third-order valence-corrected chi connectivity index (χ3v) is 7.97. The predicted octanol–water partition coefficient (Wildman–Crippen LogP) is 5.07. The van der Waals surface area contributed by atoms with Gasteiger partial charge >= 0.3 is 0 Å². The zero-order valence-electron chi connectivity index (χ0n) is 20.8. The Morgan fingerprint density at radius 1 is 0.943 bits per heavy atom. The van der Waals surface area contributed by atoms with Gasteiger partial charge in [-0.3, -0.25) is 4.79 Å². The van der Waals surface area contributed by atoms with Crippen molar-refractivity contribution < 1.29 is 9.90 Å². The summed E-state index contributed by atoms with van der Waals surface area (Å²) in [6.07, 6.45) is 2.16. The number of nitrogens with one attached hydrogen (secondary N) is 1. The summed E-state index contributed by atoms with van der Waals surface area (Å²) in [6, 6.07) is 25.6. The first kappa shape index (κ1) is 23.8. The third-order valence-electron chi connectivity index (χ3n) is 7.97. The van der Waals surface area contributed by atoms with Gasteiger partial charge in [0.05, 0.1) is 5.92 Å². The summed E-state index contributed by atoms with van der Waals surface area (Å²) >= 11 is 0. The number of carbonyl (C=O) groups excluding carboxylic acids is 1. The minimum atomic E-state index is -0.197. The molecule has 2 fully saturated rings. The fourth-order valence-corrected chi connectivity index (χ4v) is 5.64. The summed E-state index contributed by atoms with van der Waals surface area (Å²) in [5.41, 5.74) is 7.23. The quantitative estimate of drug-likeness (QED) is 0.509. The van der Waals surface area contributed by atoms with E-state index >= 15 is 0 Å². The van der Waals surface area contributed by atoms with Crippen molar-refractivity contribution in [1.29, 1.82) is 0 Å². The Labute approximate surface area is 209 Å². The number of benzene rings is 3. The number of piperidine rings is 1. The summed E-state index contributed by atoms with van der Waals surface area (Å²) in [5, 5.41) is 13.8. The average molecular weight is 469 g/mol. The van der Waals surface area contributed by atoms with Gasteiger partial charge in [0.1, 0.15) is 0 Å². The molecule has 1 saturated carbocycles. The number of hydrogen-bond acceptors (Lipinski definition) is 3. The Hall–Kier alpha value is -2.95. The lowest BCUT2D eigenvalue weighted by molar-refractivity contribution is -0.139. The largest absolute Gasteiger partial charge is 0.396 e. The van der Waals surface area contributed by atoms with Gasteiger partial charge in [0, 0.05) is 44.1 Å².